The van der Waals surface area contributed by atoms with Crippen molar-refractivity contribution >= 4 is 23.6 Å². The molecule has 20 heavy (non-hydrogen) atoms. The van der Waals surface area contributed by atoms with E-state index in [9.17, 15) is 9.59 Å². The zero-order valence-corrected chi connectivity index (χ0v) is 12.0. The largest absolute Gasteiger partial charge is 0.481 e. The summed E-state index contributed by atoms with van der Waals surface area (Å²) in [5.74, 6) is -0.841. The number of carboxylic acids is 1. The van der Waals surface area contributed by atoms with Crippen molar-refractivity contribution < 1.29 is 14.7 Å². The van der Waals surface area contributed by atoms with Crippen molar-refractivity contribution in [3.8, 4) is 0 Å². The molecule has 108 valence electrons. The van der Waals surface area contributed by atoms with E-state index in [-0.39, 0.29) is 12.6 Å². The second-order valence-electron chi connectivity index (χ2n) is 5.19. The molecule has 5 nitrogen and oxygen atoms in total. The molecule has 0 aromatic heterocycles. The number of carbonyl (C=O) groups is 2. The summed E-state index contributed by atoms with van der Waals surface area (Å²) < 4.78 is 0. The van der Waals surface area contributed by atoms with Gasteiger partial charge in [-0.3, -0.25) is 4.79 Å². The number of amides is 2. The van der Waals surface area contributed by atoms with Gasteiger partial charge >= 0.3 is 12.0 Å². The lowest BCUT2D eigenvalue weighted by molar-refractivity contribution is -0.143. The highest BCUT2D eigenvalue weighted by molar-refractivity contribution is 6.31. The Morgan fingerprint density at radius 3 is 2.60 bits per heavy atom. The molecule has 6 heteroatoms. The molecule has 1 fully saturated rings. The summed E-state index contributed by atoms with van der Waals surface area (Å²) >= 11 is 6.04. The van der Waals surface area contributed by atoms with E-state index in [0.29, 0.717) is 24.4 Å². The van der Waals surface area contributed by atoms with Crippen molar-refractivity contribution in [1.82, 2.24) is 10.2 Å². The monoisotopic (exact) mass is 296 g/mol. The average Bonchev–Trinajstić information content (AvgIpc) is 3.20. The van der Waals surface area contributed by atoms with Crippen molar-refractivity contribution in [2.75, 3.05) is 13.6 Å². The first-order valence-electron chi connectivity index (χ1n) is 6.40. The molecule has 0 bridgehead atoms. The molecule has 1 aromatic carbocycles. The van der Waals surface area contributed by atoms with Gasteiger partial charge in [-0.05, 0) is 24.5 Å². The summed E-state index contributed by atoms with van der Waals surface area (Å²) in [7, 11) is 1.65. The Bertz CT molecular complexity index is 529. The fraction of sp³-hybridized carbons (Fsp3) is 0.429. The van der Waals surface area contributed by atoms with E-state index in [0.717, 1.165) is 5.56 Å². The lowest BCUT2D eigenvalue weighted by atomic mass is 10.1. The molecule has 2 rings (SSSR count). The Morgan fingerprint density at radius 2 is 2.05 bits per heavy atom. The molecule has 1 aromatic rings. The fourth-order valence-electron chi connectivity index (χ4n) is 1.95. The van der Waals surface area contributed by atoms with Gasteiger partial charge in [0.25, 0.3) is 0 Å². The number of hydrogen-bond acceptors (Lipinski definition) is 2. The zero-order chi connectivity index (χ0) is 14.8. The molecular formula is C14H17ClN2O3. The van der Waals surface area contributed by atoms with Gasteiger partial charge < -0.3 is 15.3 Å². The number of nitrogens with one attached hydrogen (secondary N) is 1. The number of carboxylic acid groups (broad SMARTS) is 1. The fourth-order valence-corrected chi connectivity index (χ4v) is 2.15. The zero-order valence-electron chi connectivity index (χ0n) is 11.2. The van der Waals surface area contributed by atoms with Crippen molar-refractivity contribution in [3.05, 3.63) is 34.9 Å². The highest BCUT2D eigenvalue weighted by Crippen LogP contribution is 2.45. The van der Waals surface area contributed by atoms with E-state index in [1.807, 2.05) is 18.2 Å². The number of carbonyl (C=O) groups excluding carboxylic acids is 1. The van der Waals surface area contributed by atoms with Crippen LogP contribution in [0.4, 0.5) is 4.79 Å². The van der Waals surface area contributed by atoms with Gasteiger partial charge in [-0.25, -0.2) is 4.79 Å². The van der Waals surface area contributed by atoms with E-state index in [4.69, 9.17) is 16.7 Å². The number of aliphatic carboxylic acids is 1. The van der Waals surface area contributed by atoms with Gasteiger partial charge in [0, 0.05) is 25.2 Å². The summed E-state index contributed by atoms with van der Waals surface area (Å²) in [6, 6.07) is 7.02. The quantitative estimate of drug-likeness (QED) is 0.876. The van der Waals surface area contributed by atoms with Crippen LogP contribution in [-0.2, 0) is 11.3 Å². The molecule has 0 unspecified atom stereocenters. The van der Waals surface area contributed by atoms with Crippen LogP contribution < -0.4 is 5.32 Å². The Morgan fingerprint density at radius 1 is 1.40 bits per heavy atom. The van der Waals surface area contributed by atoms with Crippen molar-refractivity contribution in [3.63, 3.8) is 0 Å². The SMILES string of the molecule is CN(Cc1ccccc1Cl)C(=O)NCC1(C(=O)O)CC1. The van der Waals surface area contributed by atoms with Gasteiger partial charge in [-0.1, -0.05) is 29.8 Å². The Hall–Kier alpha value is -1.75. The smallest absolute Gasteiger partial charge is 0.317 e. The van der Waals surface area contributed by atoms with Crippen LogP contribution in [0.15, 0.2) is 24.3 Å². The molecule has 0 spiro atoms. The third kappa shape index (κ3) is 3.22. The molecule has 1 aliphatic rings. The minimum absolute atomic E-state index is 0.175. The highest BCUT2D eigenvalue weighted by Gasteiger charge is 2.50. The molecule has 1 saturated carbocycles. The first-order valence-corrected chi connectivity index (χ1v) is 6.78. The lowest BCUT2D eigenvalue weighted by Gasteiger charge is -2.20. The summed E-state index contributed by atoms with van der Waals surface area (Å²) in [6.07, 6.45) is 1.24. The van der Waals surface area contributed by atoms with Gasteiger partial charge in [-0.15, -0.1) is 0 Å². The average molecular weight is 297 g/mol. The summed E-state index contributed by atoms with van der Waals surface area (Å²) in [5.41, 5.74) is 0.104. The second-order valence-corrected chi connectivity index (χ2v) is 5.60. The van der Waals surface area contributed by atoms with E-state index in [1.165, 1.54) is 4.90 Å². The van der Waals surface area contributed by atoms with Crippen LogP contribution in [0.1, 0.15) is 18.4 Å². The van der Waals surface area contributed by atoms with Crippen LogP contribution in [0.5, 0.6) is 0 Å². The highest BCUT2D eigenvalue weighted by atomic mass is 35.5. The third-order valence-corrected chi connectivity index (χ3v) is 3.97. The first kappa shape index (κ1) is 14.7. The third-order valence-electron chi connectivity index (χ3n) is 3.60. The maximum Gasteiger partial charge on any atom is 0.317 e. The molecule has 0 saturated heterocycles. The molecule has 0 atom stereocenters. The molecule has 0 radical (unpaired) electrons. The van der Waals surface area contributed by atoms with E-state index < -0.39 is 11.4 Å². The van der Waals surface area contributed by atoms with Crippen LogP contribution in [0.2, 0.25) is 5.02 Å². The number of hydrogen-bond donors (Lipinski definition) is 2. The van der Waals surface area contributed by atoms with Gasteiger partial charge in [0.2, 0.25) is 0 Å². The van der Waals surface area contributed by atoms with Gasteiger partial charge in [0.05, 0.1) is 5.41 Å². The number of halogens is 1. The van der Waals surface area contributed by atoms with E-state index >= 15 is 0 Å². The van der Waals surface area contributed by atoms with Crippen molar-refractivity contribution in [2.45, 2.75) is 19.4 Å². The number of nitrogens with zero attached hydrogens (tertiary/aromatic N) is 1. The summed E-state index contributed by atoms with van der Waals surface area (Å²) in [6.45, 7) is 0.555. The number of benzene rings is 1. The Kier molecular flexibility index (Phi) is 4.18. The normalized spacial score (nSPS) is 15.5. The maximum absolute atomic E-state index is 11.9. The predicted molar refractivity (Wildman–Crippen MR) is 75.6 cm³/mol. The predicted octanol–water partition coefficient (Wildman–Crippen LogP) is 2.35. The standard InChI is InChI=1S/C14H17ClN2O3/c1-17(8-10-4-2-3-5-11(10)15)13(20)16-9-14(6-7-14)12(18)19/h2-5H,6-9H2,1H3,(H,16,20)(H,18,19). The van der Waals surface area contributed by atoms with Crippen LogP contribution in [0.25, 0.3) is 0 Å². The maximum atomic E-state index is 11.9. The van der Waals surface area contributed by atoms with Gasteiger partial charge in [0.15, 0.2) is 0 Å². The molecule has 0 heterocycles. The van der Waals surface area contributed by atoms with Gasteiger partial charge in [0.1, 0.15) is 0 Å². The number of urea groups is 1. The Balaban J connectivity index is 1.87. The molecule has 2 N–H and O–H groups in total. The van der Waals surface area contributed by atoms with Gasteiger partial charge in [-0.2, -0.15) is 0 Å². The topological polar surface area (TPSA) is 69.6 Å². The second kappa shape index (κ2) is 5.71. The number of rotatable bonds is 5. The lowest BCUT2D eigenvalue weighted by Crippen LogP contribution is -2.41. The first-order chi connectivity index (χ1) is 9.44. The van der Waals surface area contributed by atoms with Crippen molar-refractivity contribution in [2.24, 2.45) is 5.41 Å². The van der Waals surface area contributed by atoms with E-state index in [1.54, 1.807) is 13.1 Å². The van der Waals surface area contributed by atoms with Crippen molar-refractivity contribution in [1.29, 1.82) is 0 Å². The Labute approximate surface area is 122 Å². The molecule has 0 aliphatic heterocycles. The van der Waals surface area contributed by atoms with E-state index in [2.05, 4.69) is 5.32 Å². The van der Waals surface area contributed by atoms with Crippen LogP contribution >= 0.6 is 11.6 Å². The van der Waals surface area contributed by atoms with Crippen LogP contribution in [0, 0.1) is 5.41 Å². The van der Waals surface area contributed by atoms with Crippen LogP contribution in [-0.4, -0.2) is 35.6 Å². The van der Waals surface area contributed by atoms with Crippen LogP contribution in [0.3, 0.4) is 0 Å². The summed E-state index contributed by atoms with van der Waals surface area (Å²) in [4.78, 5) is 24.4. The minimum atomic E-state index is -0.841. The summed E-state index contributed by atoms with van der Waals surface area (Å²) in [5, 5.41) is 12.3. The molecule has 1 aliphatic carbocycles. The molecular weight excluding hydrogens is 280 g/mol. The molecule has 2 amide bonds. The minimum Gasteiger partial charge on any atom is -0.481 e.